The Morgan fingerprint density at radius 3 is 2.18 bits per heavy atom. The van der Waals surface area contributed by atoms with Gasteiger partial charge in [0.05, 0.1) is 17.9 Å². The third-order valence-electron chi connectivity index (χ3n) is 9.77. The van der Waals surface area contributed by atoms with Crippen molar-refractivity contribution in [1.82, 2.24) is 10.2 Å². The van der Waals surface area contributed by atoms with Crippen LogP contribution in [0.3, 0.4) is 0 Å². The molecular formula is C32H43N3O4. The molecule has 2 N–H and O–H groups in total. The number of carbonyl (C=O) groups excluding carboxylic acids is 3. The van der Waals surface area contributed by atoms with E-state index in [2.05, 4.69) is 16.7 Å². The molecule has 5 atom stereocenters. The van der Waals surface area contributed by atoms with Gasteiger partial charge in [-0.2, -0.15) is 0 Å². The maximum atomic E-state index is 14.4. The maximum Gasteiger partial charge on any atom is 0.246 e. The lowest BCUT2D eigenvalue weighted by atomic mass is 9.74. The van der Waals surface area contributed by atoms with Gasteiger partial charge in [0, 0.05) is 17.8 Å². The summed E-state index contributed by atoms with van der Waals surface area (Å²) in [5.41, 5.74) is 1.77. The molecular weight excluding hydrogens is 490 g/mol. The van der Waals surface area contributed by atoms with Crippen LogP contribution in [-0.2, 0) is 19.1 Å². The van der Waals surface area contributed by atoms with Crippen molar-refractivity contribution in [1.29, 1.82) is 0 Å². The van der Waals surface area contributed by atoms with Crippen molar-refractivity contribution in [2.75, 3.05) is 5.32 Å². The Bertz CT molecular complexity index is 1130. The summed E-state index contributed by atoms with van der Waals surface area (Å²) in [7, 11) is 0. The number of anilines is 1. The van der Waals surface area contributed by atoms with Crippen LogP contribution < -0.4 is 10.6 Å². The third-order valence-corrected chi connectivity index (χ3v) is 9.77. The Hall–Kier alpha value is -2.67. The van der Waals surface area contributed by atoms with Gasteiger partial charge in [-0.15, -0.1) is 0 Å². The lowest BCUT2D eigenvalue weighted by molar-refractivity contribution is -0.144. The summed E-state index contributed by atoms with van der Waals surface area (Å²) in [6.45, 7) is 4.01. The van der Waals surface area contributed by atoms with Gasteiger partial charge in [0.15, 0.2) is 0 Å². The number of fused-ring (bicyclic) bond motifs is 1. The molecule has 3 heterocycles. The highest BCUT2D eigenvalue weighted by Gasteiger charge is 2.73. The highest BCUT2D eigenvalue weighted by Crippen LogP contribution is 2.56. The Labute approximate surface area is 232 Å². The summed E-state index contributed by atoms with van der Waals surface area (Å²) in [5, 5.41) is 6.40. The van der Waals surface area contributed by atoms with E-state index in [-0.39, 0.29) is 29.8 Å². The average Bonchev–Trinajstić information content (AvgIpc) is 3.51. The van der Waals surface area contributed by atoms with E-state index in [9.17, 15) is 14.4 Å². The van der Waals surface area contributed by atoms with Crippen LogP contribution in [0.4, 0.5) is 5.69 Å². The summed E-state index contributed by atoms with van der Waals surface area (Å²) in [6.07, 6.45) is 16.2. The molecule has 0 aromatic heterocycles. The Morgan fingerprint density at radius 2 is 1.49 bits per heavy atom. The molecule has 3 unspecified atom stereocenters. The molecule has 6 rings (SSSR count). The number of amides is 3. The van der Waals surface area contributed by atoms with Crippen molar-refractivity contribution >= 4 is 23.4 Å². The molecule has 1 aromatic rings. The number of hydrogen-bond donors (Lipinski definition) is 2. The molecule has 3 aliphatic heterocycles. The largest absolute Gasteiger partial charge is 0.359 e. The zero-order valence-electron chi connectivity index (χ0n) is 23.4. The highest BCUT2D eigenvalue weighted by molar-refractivity contribution is 6.03. The third kappa shape index (κ3) is 4.81. The molecule has 2 saturated heterocycles. The minimum absolute atomic E-state index is 0.000866. The van der Waals surface area contributed by atoms with Crippen LogP contribution in [0.1, 0.15) is 88.2 Å². The van der Waals surface area contributed by atoms with E-state index in [0.29, 0.717) is 0 Å². The normalized spacial score (nSPS) is 33.1. The second kappa shape index (κ2) is 10.7. The van der Waals surface area contributed by atoms with Crippen molar-refractivity contribution in [3.63, 3.8) is 0 Å². The molecule has 210 valence electrons. The van der Waals surface area contributed by atoms with Crippen LogP contribution in [-0.4, -0.2) is 52.5 Å². The maximum absolute atomic E-state index is 14.4. The van der Waals surface area contributed by atoms with Crippen LogP contribution in [0.5, 0.6) is 0 Å². The molecule has 39 heavy (non-hydrogen) atoms. The second-order valence-corrected chi connectivity index (χ2v) is 12.7. The Balaban J connectivity index is 1.32. The number of likely N-dealkylation sites (tertiary alicyclic amines) is 1. The molecule has 1 aromatic carbocycles. The fourth-order valence-electron chi connectivity index (χ4n) is 8.11. The van der Waals surface area contributed by atoms with Gasteiger partial charge in [-0.1, -0.05) is 69.6 Å². The molecule has 2 bridgehead atoms. The first kappa shape index (κ1) is 26.5. The van der Waals surface area contributed by atoms with Gasteiger partial charge >= 0.3 is 0 Å². The lowest BCUT2D eigenvalue weighted by Gasteiger charge is -2.38. The van der Waals surface area contributed by atoms with E-state index in [1.54, 1.807) is 0 Å². The summed E-state index contributed by atoms with van der Waals surface area (Å²) in [5.74, 6) is -1.75. The number of aryl methyl sites for hydroxylation is 2. The minimum Gasteiger partial charge on any atom is -0.359 e. The van der Waals surface area contributed by atoms with Gasteiger partial charge in [0.25, 0.3) is 0 Å². The molecule has 1 spiro atoms. The van der Waals surface area contributed by atoms with Gasteiger partial charge in [-0.3, -0.25) is 14.4 Å². The van der Waals surface area contributed by atoms with Crippen LogP contribution in [0.15, 0.2) is 30.4 Å². The molecule has 5 aliphatic rings. The molecule has 3 amide bonds. The smallest absolute Gasteiger partial charge is 0.246 e. The second-order valence-electron chi connectivity index (χ2n) is 12.7. The van der Waals surface area contributed by atoms with E-state index in [0.717, 1.165) is 81.0 Å². The zero-order valence-corrected chi connectivity index (χ0v) is 23.4. The summed E-state index contributed by atoms with van der Waals surface area (Å²) >= 11 is 0. The number of benzene rings is 1. The molecule has 4 fully saturated rings. The van der Waals surface area contributed by atoms with Crippen LogP contribution in [0.25, 0.3) is 0 Å². The van der Waals surface area contributed by atoms with Crippen LogP contribution in [0.2, 0.25) is 0 Å². The molecule has 0 radical (unpaired) electrons. The first-order valence-electron chi connectivity index (χ1n) is 15.3. The first-order chi connectivity index (χ1) is 18.9. The van der Waals surface area contributed by atoms with E-state index in [1.165, 1.54) is 12.8 Å². The number of carbonyl (C=O) groups is 3. The van der Waals surface area contributed by atoms with Gasteiger partial charge < -0.3 is 20.3 Å². The topological polar surface area (TPSA) is 87.7 Å². The van der Waals surface area contributed by atoms with E-state index >= 15 is 0 Å². The molecule has 7 nitrogen and oxygen atoms in total. The predicted octanol–water partition coefficient (Wildman–Crippen LogP) is 4.95. The van der Waals surface area contributed by atoms with Crippen molar-refractivity contribution < 1.29 is 19.1 Å². The number of rotatable bonds is 5. The van der Waals surface area contributed by atoms with Crippen molar-refractivity contribution in [2.45, 2.75) is 121 Å². The fourth-order valence-corrected chi connectivity index (χ4v) is 8.11. The van der Waals surface area contributed by atoms with Gasteiger partial charge in [0.2, 0.25) is 17.7 Å². The van der Waals surface area contributed by atoms with Crippen LogP contribution >= 0.6 is 0 Å². The van der Waals surface area contributed by atoms with Crippen LogP contribution in [0, 0.1) is 25.7 Å². The molecule has 7 heteroatoms. The van der Waals surface area contributed by atoms with Crippen molar-refractivity contribution in [3.8, 4) is 0 Å². The fraction of sp³-hybridized carbons (Fsp3) is 0.656. The SMILES string of the molecule is Cc1cc(C)cc(NC(=O)C2[C@@H]3C=CC4(O3)C(C(=O)NC3CCCCC3)N(C3CCCCCCC3)C(=O)[C@H]24)c1. The zero-order chi connectivity index (χ0) is 27.1. The molecule has 2 saturated carbocycles. The van der Waals surface area contributed by atoms with Gasteiger partial charge in [-0.05, 0) is 62.8 Å². The quantitative estimate of drug-likeness (QED) is 0.524. The number of hydrogen-bond acceptors (Lipinski definition) is 4. The number of nitrogens with one attached hydrogen (secondary N) is 2. The van der Waals surface area contributed by atoms with E-state index < -0.39 is 29.6 Å². The van der Waals surface area contributed by atoms with E-state index in [4.69, 9.17) is 4.74 Å². The number of ether oxygens (including phenoxy) is 1. The summed E-state index contributed by atoms with van der Waals surface area (Å²) in [4.78, 5) is 44.2. The minimum atomic E-state index is -1.09. The Morgan fingerprint density at radius 1 is 0.872 bits per heavy atom. The molecule has 2 aliphatic carbocycles. The first-order valence-corrected chi connectivity index (χ1v) is 15.3. The predicted molar refractivity (Wildman–Crippen MR) is 150 cm³/mol. The van der Waals surface area contributed by atoms with E-state index in [1.807, 2.05) is 43.0 Å². The lowest BCUT2D eigenvalue weighted by Crippen LogP contribution is -2.58. The van der Waals surface area contributed by atoms with Gasteiger partial charge in [0.1, 0.15) is 11.6 Å². The van der Waals surface area contributed by atoms with Crippen molar-refractivity contribution in [3.05, 3.63) is 41.5 Å². The summed E-state index contributed by atoms with van der Waals surface area (Å²) in [6, 6.07) is 5.37. The Kier molecular flexibility index (Phi) is 7.30. The van der Waals surface area contributed by atoms with Gasteiger partial charge in [-0.25, -0.2) is 0 Å². The monoisotopic (exact) mass is 533 g/mol. The standard InChI is InChI=1S/C32H43N3O4/c1-20-17-21(2)19-23(18-20)34-29(36)26-25-15-16-32(39-25)27(26)31(38)35(24-13-9-4-3-5-10-14-24)28(32)30(37)33-22-11-7-6-8-12-22/h15-19,22,24-28H,3-14H2,1-2H3,(H,33,37)(H,34,36)/t25-,26?,27-,28?,32?/m0/s1. The van der Waals surface area contributed by atoms with Crippen molar-refractivity contribution in [2.24, 2.45) is 11.8 Å². The number of nitrogens with zero attached hydrogens (tertiary/aromatic N) is 1. The highest BCUT2D eigenvalue weighted by atomic mass is 16.5. The average molecular weight is 534 g/mol. The summed E-state index contributed by atoms with van der Waals surface area (Å²) < 4.78 is 6.58.